The third-order valence-electron chi connectivity index (χ3n) is 4.06. The molecule has 152 valence electrons. The molecule has 2 amide bonds. The van der Waals surface area contributed by atoms with Crippen LogP contribution in [0.25, 0.3) is 6.08 Å². The number of thioether (sulfide) groups is 1. The number of amides is 2. The lowest BCUT2D eigenvalue weighted by molar-refractivity contribution is -0.123. The van der Waals surface area contributed by atoms with E-state index in [1.807, 2.05) is 0 Å². The Morgan fingerprint density at radius 2 is 1.69 bits per heavy atom. The summed E-state index contributed by atoms with van der Waals surface area (Å²) in [6.45, 7) is 0.300. The molecule has 0 saturated carbocycles. The van der Waals surface area contributed by atoms with Crippen molar-refractivity contribution in [2.45, 2.75) is 0 Å². The Bertz CT molecular complexity index is 962. The highest BCUT2D eigenvalue weighted by molar-refractivity contribution is 8.18. The van der Waals surface area contributed by atoms with Crippen molar-refractivity contribution in [2.75, 3.05) is 27.4 Å². The van der Waals surface area contributed by atoms with E-state index in [0.717, 1.165) is 16.7 Å². The van der Waals surface area contributed by atoms with Crippen molar-refractivity contribution >= 4 is 52.2 Å². The summed E-state index contributed by atoms with van der Waals surface area (Å²) in [4.78, 5) is 26.3. The van der Waals surface area contributed by atoms with Gasteiger partial charge in [0.25, 0.3) is 11.1 Å². The van der Waals surface area contributed by atoms with Crippen LogP contribution in [0.4, 0.5) is 4.79 Å². The van der Waals surface area contributed by atoms with Crippen molar-refractivity contribution < 1.29 is 23.8 Å². The molecule has 1 heterocycles. The quantitative estimate of drug-likeness (QED) is 0.541. The summed E-state index contributed by atoms with van der Waals surface area (Å²) in [6, 6.07) is 10.1. The summed E-state index contributed by atoms with van der Waals surface area (Å²) >= 11 is 13.0. The number of carbonyl (C=O) groups is 2. The van der Waals surface area contributed by atoms with Gasteiger partial charge in [0, 0.05) is 11.1 Å². The minimum Gasteiger partial charge on any atom is -0.493 e. The van der Waals surface area contributed by atoms with Crippen LogP contribution in [0.5, 0.6) is 17.2 Å². The second-order valence-corrected chi connectivity index (χ2v) is 7.70. The average Bonchev–Trinajstić information content (AvgIpc) is 2.98. The molecule has 6 nitrogen and oxygen atoms in total. The predicted octanol–water partition coefficient (Wildman–Crippen LogP) is 5.13. The molecule has 0 N–H and O–H groups in total. The van der Waals surface area contributed by atoms with Gasteiger partial charge in [-0.25, -0.2) is 0 Å². The molecule has 0 spiro atoms. The molecule has 0 radical (unpaired) electrons. The Hall–Kier alpha value is -2.35. The minimum absolute atomic E-state index is 0.129. The van der Waals surface area contributed by atoms with Crippen LogP contribution in [0.15, 0.2) is 41.3 Å². The smallest absolute Gasteiger partial charge is 0.293 e. The predicted molar refractivity (Wildman–Crippen MR) is 114 cm³/mol. The standard InChI is InChI=1S/C20H17Cl2NO5S/c1-26-16-9-12(15(22)11-17(16)27-2)10-18-19(24)23(20(25)29-18)7-8-28-14-5-3-13(21)4-6-14/h3-6,9-11H,7-8H2,1-2H3/b18-10-. The Morgan fingerprint density at radius 3 is 2.34 bits per heavy atom. The van der Waals surface area contributed by atoms with E-state index in [-0.39, 0.29) is 23.3 Å². The zero-order valence-electron chi connectivity index (χ0n) is 15.6. The lowest BCUT2D eigenvalue weighted by Crippen LogP contribution is -2.32. The maximum absolute atomic E-state index is 12.6. The van der Waals surface area contributed by atoms with E-state index in [1.165, 1.54) is 14.2 Å². The molecule has 29 heavy (non-hydrogen) atoms. The molecule has 1 aliphatic rings. The second kappa shape index (κ2) is 9.43. The normalized spacial score (nSPS) is 15.2. The Labute approximate surface area is 182 Å². The fourth-order valence-corrected chi connectivity index (χ4v) is 3.79. The number of nitrogens with zero attached hydrogens (tertiary/aromatic N) is 1. The van der Waals surface area contributed by atoms with Crippen LogP contribution >= 0.6 is 35.0 Å². The third-order valence-corrected chi connectivity index (χ3v) is 5.55. The van der Waals surface area contributed by atoms with Gasteiger partial charge in [0.15, 0.2) is 11.5 Å². The molecule has 0 bridgehead atoms. The van der Waals surface area contributed by atoms with Crippen LogP contribution in [0.1, 0.15) is 5.56 Å². The number of benzene rings is 2. The first-order chi connectivity index (χ1) is 13.9. The number of carbonyl (C=O) groups excluding carboxylic acids is 2. The van der Waals surface area contributed by atoms with Gasteiger partial charge in [0.05, 0.1) is 30.7 Å². The van der Waals surface area contributed by atoms with Gasteiger partial charge < -0.3 is 14.2 Å². The van der Waals surface area contributed by atoms with E-state index in [1.54, 1.807) is 42.5 Å². The monoisotopic (exact) mass is 453 g/mol. The number of rotatable bonds is 7. The number of halogens is 2. The first kappa shape index (κ1) is 21.4. The van der Waals surface area contributed by atoms with Crippen molar-refractivity contribution in [1.82, 2.24) is 4.90 Å². The zero-order chi connectivity index (χ0) is 21.0. The van der Waals surface area contributed by atoms with Crippen molar-refractivity contribution in [1.29, 1.82) is 0 Å². The van der Waals surface area contributed by atoms with Gasteiger partial charge in [-0.1, -0.05) is 23.2 Å². The molecule has 1 fully saturated rings. The van der Waals surface area contributed by atoms with Crippen molar-refractivity contribution in [2.24, 2.45) is 0 Å². The topological polar surface area (TPSA) is 65.1 Å². The lowest BCUT2D eigenvalue weighted by Gasteiger charge is -2.13. The summed E-state index contributed by atoms with van der Waals surface area (Å²) in [5, 5.41) is 0.611. The maximum atomic E-state index is 12.6. The number of hydrogen-bond donors (Lipinski definition) is 0. The molecule has 1 aliphatic heterocycles. The summed E-state index contributed by atoms with van der Waals surface area (Å²) in [6.07, 6.45) is 1.56. The number of imide groups is 1. The summed E-state index contributed by atoms with van der Waals surface area (Å²) in [7, 11) is 3.01. The van der Waals surface area contributed by atoms with Crippen LogP contribution in [0, 0.1) is 0 Å². The van der Waals surface area contributed by atoms with E-state index in [4.69, 9.17) is 37.4 Å². The summed E-state index contributed by atoms with van der Waals surface area (Å²) < 4.78 is 16.0. The molecular weight excluding hydrogens is 437 g/mol. The Morgan fingerprint density at radius 1 is 1.03 bits per heavy atom. The van der Waals surface area contributed by atoms with Crippen molar-refractivity contribution in [3.63, 3.8) is 0 Å². The zero-order valence-corrected chi connectivity index (χ0v) is 17.9. The van der Waals surface area contributed by atoms with E-state index < -0.39 is 5.91 Å². The largest absolute Gasteiger partial charge is 0.493 e. The summed E-state index contributed by atoms with van der Waals surface area (Å²) in [5.74, 6) is 1.15. The summed E-state index contributed by atoms with van der Waals surface area (Å²) in [5.41, 5.74) is 0.548. The molecule has 2 aromatic carbocycles. The van der Waals surface area contributed by atoms with Crippen LogP contribution in [-0.4, -0.2) is 43.4 Å². The SMILES string of the molecule is COc1cc(Cl)c(/C=C2\SC(=O)N(CCOc3ccc(Cl)cc3)C2=O)cc1OC. The van der Waals surface area contributed by atoms with Crippen LogP contribution in [-0.2, 0) is 4.79 Å². The number of ether oxygens (including phenoxy) is 3. The van der Waals surface area contributed by atoms with Gasteiger partial charge in [-0.05, 0) is 53.7 Å². The van der Waals surface area contributed by atoms with Crippen molar-refractivity contribution in [3.05, 3.63) is 56.9 Å². The van der Waals surface area contributed by atoms with E-state index in [2.05, 4.69) is 0 Å². The Kier molecular flexibility index (Phi) is 6.95. The molecule has 3 rings (SSSR count). The molecular formula is C20H17Cl2NO5S. The van der Waals surface area contributed by atoms with E-state index in [0.29, 0.717) is 32.9 Å². The first-order valence-electron chi connectivity index (χ1n) is 8.48. The fourth-order valence-electron chi connectivity index (χ4n) is 2.60. The van der Waals surface area contributed by atoms with Crippen LogP contribution in [0.3, 0.4) is 0 Å². The molecule has 1 saturated heterocycles. The highest BCUT2D eigenvalue weighted by atomic mass is 35.5. The van der Waals surface area contributed by atoms with Crippen LogP contribution in [0.2, 0.25) is 10.0 Å². The molecule has 9 heteroatoms. The van der Waals surface area contributed by atoms with Gasteiger partial charge in [-0.3, -0.25) is 14.5 Å². The van der Waals surface area contributed by atoms with E-state index in [9.17, 15) is 9.59 Å². The molecule has 0 atom stereocenters. The molecule has 0 unspecified atom stereocenters. The lowest BCUT2D eigenvalue weighted by atomic mass is 10.1. The average molecular weight is 454 g/mol. The van der Waals surface area contributed by atoms with Gasteiger partial charge in [0.2, 0.25) is 0 Å². The van der Waals surface area contributed by atoms with Gasteiger partial charge in [-0.2, -0.15) is 0 Å². The van der Waals surface area contributed by atoms with Gasteiger partial charge in [-0.15, -0.1) is 0 Å². The van der Waals surface area contributed by atoms with Gasteiger partial charge >= 0.3 is 0 Å². The van der Waals surface area contributed by atoms with Crippen LogP contribution < -0.4 is 14.2 Å². The maximum Gasteiger partial charge on any atom is 0.293 e. The second-order valence-electron chi connectivity index (χ2n) is 5.86. The molecule has 0 aromatic heterocycles. The van der Waals surface area contributed by atoms with Gasteiger partial charge in [0.1, 0.15) is 12.4 Å². The van der Waals surface area contributed by atoms with E-state index >= 15 is 0 Å². The third kappa shape index (κ3) is 4.98. The minimum atomic E-state index is -0.398. The van der Waals surface area contributed by atoms with Crippen molar-refractivity contribution in [3.8, 4) is 17.2 Å². The highest BCUT2D eigenvalue weighted by Crippen LogP contribution is 2.37. The first-order valence-corrected chi connectivity index (χ1v) is 10.1. The fraction of sp³-hybridized carbons (Fsp3) is 0.200. The molecule has 2 aromatic rings. The highest BCUT2D eigenvalue weighted by Gasteiger charge is 2.35. The number of hydrogen-bond acceptors (Lipinski definition) is 6. The number of methoxy groups -OCH3 is 2. The molecule has 0 aliphatic carbocycles. The Balaban J connectivity index is 1.70.